The first-order valence-corrected chi connectivity index (χ1v) is 8.13. The Morgan fingerprint density at radius 1 is 0.808 bits per heavy atom. The summed E-state index contributed by atoms with van der Waals surface area (Å²) in [4.78, 5) is 0. The third-order valence-corrected chi connectivity index (χ3v) is 4.11. The fraction of sp³-hybridized carbons (Fsp3) is 0.300. The van der Waals surface area contributed by atoms with Gasteiger partial charge in [0.05, 0.1) is 28.4 Å². The molecule has 0 aliphatic carbocycles. The van der Waals surface area contributed by atoms with Crippen molar-refractivity contribution in [3.63, 3.8) is 0 Å². The smallest absolute Gasteiger partial charge is 0.231 e. The summed E-state index contributed by atoms with van der Waals surface area (Å²) in [5.41, 5.74) is 1.96. The molecule has 0 spiro atoms. The first-order valence-electron chi connectivity index (χ1n) is 8.13. The van der Waals surface area contributed by atoms with E-state index in [1.54, 1.807) is 28.4 Å². The molecule has 0 aromatic heterocycles. The number of hydrogen-bond acceptors (Lipinski definition) is 6. The molecule has 138 valence electrons. The fourth-order valence-electron chi connectivity index (χ4n) is 2.83. The van der Waals surface area contributed by atoms with Gasteiger partial charge in [-0.3, -0.25) is 0 Å². The molecule has 0 bridgehead atoms. The minimum absolute atomic E-state index is 0.239. The van der Waals surface area contributed by atoms with Crippen LogP contribution in [0.1, 0.15) is 11.1 Å². The molecule has 0 saturated heterocycles. The standard InChI is InChI=1S/C20H22O6/c1-21-15-11-17-16(25-12-26-17)10-14(15)7-5-6-13-8-18(22-2)20(24-4)19(9-13)23-3/h5-6,8-11H,7,12H2,1-4H3/b6-5-. The van der Waals surface area contributed by atoms with Crippen LogP contribution in [0.15, 0.2) is 30.3 Å². The fourth-order valence-corrected chi connectivity index (χ4v) is 2.83. The van der Waals surface area contributed by atoms with Gasteiger partial charge in [-0.15, -0.1) is 0 Å². The molecule has 0 saturated carbocycles. The SMILES string of the molecule is COc1cc2c(cc1C/C=C\c1cc(OC)c(OC)c(OC)c1)OCO2. The maximum Gasteiger partial charge on any atom is 0.231 e. The second-order valence-corrected chi connectivity index (χ2v) is 5.58. The van der Waals surface area contributed by atoms with E-state index in [-0.39, 0.29) is 6.79 Å². The molecule has 6 nitrogen and oxygen atoms in total. The molecule has 0 N–H and O–H groups in total. The average molecular weight is 358 g/mol. The van der Waals surface area contributed by atoms with Gasteiger partial charge in [-0.2, -0.15) is 0 Å². The normalized spacial score (nSPS) is 12.3. The number of allylic oxidation sites excluding steroid dienone is 1. The Morgan fingerprint density at radius 2 is 1.42 bits per heavy atom. The van der Waals surface area contributed by atoms with Crippen LogP contribution in [0.4, 0.5) is 0 Å². The number of methoxy groups -OCH3 is 4. The Labute approximate surface area is 152 Å². The summed E-state index contributed by atoms with van der Waals surface area (Å²) in [6.07, 6.45) is 4.71. The zero-order chi connectivity index (χ0) is 18.5. The lowest BCUT2D eigenvalue weighted by Crippen LogP contribution is -1.95. The monoisotopic (exact) mass is 358 g/mol. The number of rotatable bonds is 7. The minimum Gasteiger partial charge on any atom is -0.496 e. The molecule has 26 heavy (non-hydrogen) atoms. The summed E-state index contributed by atoms with van der Waals surface area (Å²) in [5.74, 6) is 4.02. The molecule has 0 unspecified atom stereocenters. The van der Waals surface area contributed by atoms with Crippen molar-refractivity contribution in [3.8, 4) is 34.5 Å². The van der Waals surface area contributed by atoms with Crippen LogP contribution in [0.5, 0.6) is 34.5 Å². The van der Waals surface area contributed by atoms with Crippen LogP contribution >= 0.6 is 0 Å². The van der Waals surface area contributed by atoms with E-state index < -0.39 is 0 Å². The van der Waals surface area contributed by atoms with Crippen LogP contribution < -0.4 is 28.4 Å². The van der Waals surface area contributed by atoms with Gasteiger partial charge in [0.1, 0.15) is 5.75 Å². The van der Waals surface area contributed by atoms with E-state index in [1.165, 1.54) is 0 Å². The number of fused-ring (bicyclic) bond motifs is 1. The number of benzene rings is 2. The van der Waals surface area contributed by atoms with Crippen LogP contribution in [-0.2, 0) is 6.42 Å². The van der Waals surface area contributed by atoms with Gasteiger partial charge in [0.2, 0.25) is 12.5 Å². The van der Waals surface area contributed by atoms with Crippen LogP contribution in [0.2, 0.25) is 0 Å². The van der Waals surface area contributed by atoms with Gasteiger partial charge in [0.25, 0.3) is 0 Å². The first kappa shape index (κ1) is 17.8. The molecule has 1 heterocycles. The van der Waals surface area contributed by atoms with Crippen LogP contribution in [0.3, 0.4) is 0 Å². The third-order valence-electron chi connectivity index (χ3n) is 4.11. The van der Waals surface area contributed by atoms with Crippen LogP contribution in [0.25, 0.3) is 6.08 Å². The lowest BCUT2D eigenvalue weighted by molar-refractivity contribution is 0.174. The lowest BCUT2D eigenvalue weighted by atomic mass is 10.1. The van der Waals surface area contributed by atoms with Crippen molar-refractivity contribution in [2.24, 2.45) is 0 Å². The summed E-state index contributed by atoms with van der Waals surface area (Å²) in [5, 5.41) is 0. The molecular weight excluding hydrogens is 336 g/mol. The Hall–Kier alpha value is -3.02. The van der Waals surface area contributed by atoms with Crippen molar-refractivity contribution in [1.82, 2.24) is 0 Å². The zero-order valence-electron chi connectivity index (χ0n) is 15.3. The summed E-state index contributed by atoms with van der Waals surface area (Å²) in [6.45, 7) is 0.239. The quantitative estimate of drug-likeness (QED) is 0.752. The third kappa shape index (κ3) is 3.49. The Balaban J connectivity index is 1.83. The van der Waals surface area contributed by atoms with Crippen LogP contribution in [-0.4, -0.2) is 35.2 Å². The molecule has 2 aromatic carbocycles. The maximum atomic E-state index is 5.45. The van der Waals surface area contributed by atoms with Gasteiger partial charge in [-0.25, -0.2) is 0 Å². The molecule has 0 radical (unpaired) electrons. The van der Waals surface area contributed by atoms with E-state index in [2.05, 4.69) is 0 Å². The minimum atomic E-state index is 0.239. The van der Waals surface area contributed by atoms with Crippen molar-refractivity contribution in [2.45, 2.75) is 6.42 Å². The van der Waals surface area contributed by atoms with E-state index >= 15 is 0 Å². The molecule has 3 rings (SSSR count). The summed E-state index contributed by atoms with van der Waals surface area (Å²) in [6, 6.07) is 7.59. The Bertz CT molecular complexity index is 787. The summed E-state index contributed by atoms with van der Waals surface area (Å²) < 4.78 is 32.4. The molecule has 1 aliphatic rings. The van der Waals surface area contributed by atoms with Gasteiger partial charge in [0.15, 0.2) is 23.0 Å². The average Bonchev–Trinajstić information content (AvgIpc) is 3.13. The molecule has 1 aliphatic heterocycles. The highest BCUT2D eigenvalue weighted by Gasteiger charge is 2.17. The predicted octanol–water partition coefficient (Wildman–Crippen LogP) is 3.71. The molecular formula is C20H22O6. The van der Waals surface area contributed by atoms with Crippen molar-refractivity contribution in [2.75, 3.05) is 35.2 Å². The van der Waals surface area contributed by atoms with Gasteiger partial charge in [0, 0.05) is 11.6 Å². The second kappa shape index (κ2) is 7.91. The largest absolute Gasteiger partial charge is 0.496 e. The lowest BCUT2D eigenvalue weighted by Gasteiger charge is -2.13. The molecule has 0 atom stereocenters. The Morgan fingerprint density at radius 3 is 2.00 bits per heavy atom. The predicted molar refractivity (Wildman–Crippen MR) is 98.0 cm³/mol. The van der Waals surface area contributed by atoms with Crippen molar-refractivity contribution in [1.29, 1.82) is 0 Å². The van der Waals surface area contributed by atoms with Crippen molar-refractivity contribution >= 4 is 6.08 Å². The Kier molecular flexibility index (Phi) is 5.41. The molecule has 0 amide bonds. The van der Waals surface area contributed by atoms with Gasteiger partial charge >= 0.3 is 0 Å². The number of ether oxygens (including phenoxy) is 6. The van der Waals surface area contributed by atoms with Gasteiger partial charge in [-0.1, -0.05) is 12.2 Å². The van der Waals surface area contributed by atoms with Gasteiger partial charge in [-0.05, 0) is 30.2 Å². The summed E-state index contributed by atoms with van der Waals surface area (Å²) in [7, 11) is 6.43. The number of hydrogen-bond donors (Lipinski definition) is 0. The molecule has 2 aromatic rings. The van der Waals surface area contributed by atoms with Crippen LogP contribution in [0, 0.1) is 0 Å². The molecule has 0 fully saturated rings. The summed E-state index contributed by atoms with van der Waals surface area (Å²) >= 11 is 0. The van der Waals surface area contributed by atoms with E-state index in [0.717, 1.165) is 22.6 Å². The highest BCUT2D eigenvalue weighted by Crippen LogP contribution is 2.39. The van der Waals surface area contributed by atoms with Crippen molar-refractivity contribution < 1.29 is 28.4 Å². The molecule has 6 heteroatoms. The van der Waals surface area contributed by atoms with Crippen molar-refractivity contribution in [3.05, 3.63) is 41.5 Å². The van der Waals surface area contributed by atoms with E-state index in [4.69, 9.17) is 28.4 Å². The second-order valence-electron chi connectivity index (χ2n) is 5.58. The first-order chi connectivity index (χ1) is 12.7. The highest BCUT2D eigenvalue weighted by molar-refractivity contribution is 5.62. The topological polar surface area (TPSA) is 55.4 Å². The highest BCUT2D eigenvalue weighted by atomic mass is 16.7. The zero-order valence-corrected chi connectivity index (χ0v) is 15.3. The van der Waals surface area contributed by atoms with E-state index in [0.29, 0.717) is 29.4 Å². The van der Waals surface area contributed by atoms with E-state index in [9.17, 15) is 0 Å². The van der Waals surface area contributed by atoms with E-state index in [1.807, 2.05) is 36.4 Å². The maximum absolute atomic E-state index is 5.45. The van der Waals surface area contributed by atoms with Gasteiger partial charge < -0.3 is 28.4 Å².